The molecule has 43 heavy (non-hydrogen) atoms. The summed E-state index contributed by atoms with van der Waals surface area (Å²) in [5.41, 5.74) is 11.7. The second-order valence-corrected chi connectivity index (χ2v) is 10.4. The first-order chi connectivity index (χ1) is 20.8. The molecule has 0 saturated carbocycles. The Labute approximate surface area is 252 Å². The fourth-order valence-corrected chi connectivity index (χ4v) is 4.87. The van der Waals surface area contributed by atoms with Gasteiger partial charge in [-0.15, -0.1) is 0 Å². The lowest BCUT2D eigenvalue weighted by molar-refractivity contribution is -0.127. The zero-order chi connectivity index (χ0) is 31.0. The molecule has 3 aromatic rings. The van der Waals surface area contributed by atoms with Crippen LogP contribution < -0.4 is 27.7 Å². The molecule has 0 bridgehead atoms. The Morgan fingerprint density at radius 1 is 1.05 bits per heavy atom. The van der Waals surface area contributed by atoms with Crippen molar-refractivity contribution < 1.29 is 28.2 Å². The zero-order valence-electron chi connectivity index (χ0n) is 24.1. The number of carbonyl (C=O) groups excluding carboxylic acids is 2. The van der Waals surface area contributed by atoms with E-state index in [1.807, 2.05) is 0 Å². The van der Waals surface area contributed by atoms with Crippen molar-refractivity contribution in [2.75, 3.05) is 64.2 Å². The smallest absolute Gasteiger partial charge is 0.280 e. The molecule has 0 spiro atoms. The normalized spacial score (nSPS) is 12.0. The standard InChI is InChI=1S/C27H39FN8O6S/c1-18(37)32-21(24(38)31-9-3-11-41-13-15-42-14-12-40-10-2-8-29)17-43-27-33-22-23(34-26(30)35-25(22)39)36(27)16-19-4-6-20(28)7-5-19/h4-7,21H,2-3,8-17,29H2,1H3,(H,31,38)(H,32,37)(H3,30,34,35,39)/t21-/m0/s1. The lowest BCUT2D eigenvalue weighted by Gasteiger charge is -2.17. The number of nitrogens with one attached hydrogen (secondary N) is 3. The second kappa shape index (κ2) is 18.2. The molecule has 1 aromatic carbocycles. The van der Waals surface area contributed by atoms with Crippen LogP contribution in [0.2, 0.25) is 0 Å². The van der Waals surface area contributed by atoms with Crippen LogP contribution in [-0.2, 0) is 30.3 Å². The lowest BCUT2D eigenvalue weighted by atomic mass is 10.2. The summed E-state index contributed by atoms with van der Waals surface area (Å²) in [6, 6.07) is 5.00. The molecule has 7 N–H and O–H groups in total. The number of anilines is 1. The predicted molar refractivity (Wildman–Crippen MR) is 160 cm³/mol. The van der Waals surface area contributed by atoms with Crippen molar-refractivity contribution >= 4 is 40.7 Å². The minimum atomic E-state index is -0.876. The highest BCUT2D eigenvalue weighted by atomic mass is 32.2. The van der Waals surface area contributed by atoms with Crippen molar-refractivity contribution in [3.8, 4) is 0 Å². The maximum Gasteiger partial charge on any atom is 0.280 e. The van der Waals surface area contributed by atoms with Gasteiger partial charge in [-0.05, 0) is 37.1 Å². The first-order valence-corrected chi connectivity index (χ1v) is 14.9. The van der Waals surface area contributed by atoms with Gasteiger partial charge < -0.3 is 36.3 Å². The van der Waals surface area contributed by atoms with Crippen LogP contribution in [-0.4, -0.2) is 95.9 Å². The fourth-order valence-electron chi connectivity index (χ4n) is 3.86. The van der Waals surface area contributed by atoms with E-state index < -0.39 is 11.6 Å². The van der Waals surface area contributed by atoms with Gasteiger partial charge in [0.1, 0.15) is 11.9 Å². The molecular formula is C27H39FN8O6S. The minimum Gasteiger partial charge on any atom is -0.379 e. The number of amides is 2. The van der Waals surface area contributed by atoms with E-state index >= 15 is 0 Å². The Hall–Kier alpha value is -3.57. The summed E-state index contributed by atoms with van der Waals surface area (Å²) in [4.78, 5) is 48.4. The van der Waals surface area contributed by atoms with Gasteiger partial charge in [0, 0.05) is 32.4 Å². The highest BCUT2D eigenvalue weighted by molar-refractivity contribution is 7.99. The number of thioether (sulfide) groups is 1. The number of carbonyl (C=O) groups is 2. The van der Waals surface area contributed by atoms with Gasteiger partial charge in [-0.25, -0.2) is 9.37 Å². The Kier molecular flexibility index (Phi) is 14.3. The molecule has 0 fully saturated rings. The molecule has 0 saturated heterocycles. The van der Waals surface area contributed by atoms with Crippen molar-refractivity contribution in [1.29, 1.82) is 0 Å². The van der Waals surface area contributed by atoms with E-state index in [1.165, 1.54) is 30.8 Å². The van der Waals surface area contributed by atoms with Gasteiger partial charge in [0.25, 0.3) is 5.56 Å². The predicted octanol–water partition coefficient (Wildman–Crippen LogP) is 0.391. The number of aromatic amines is 1. The molecule has 0 radical (unpaired) electrons. The number of ether oxygens (including phenoxy) is 3. The molecule has 0 aliphatic heterocycles. The number of nitrogens with zero attached hydrogens (tertiary/aromatic N) is 3. The molecule has 0 unspecified atom stereocenters. The monoisotopic (exact) mass is 622 g/mol. The number of nitrogen functional groups attached to an aromatic ring is 1. The third-order valence-corrected chi connectivity index (χ3v) is 6.99. The van der Waals surface area contributed by atoms with Gasteiger partial charge in [0.05, 0.1) is 33.0 Å². The summed E-state index contributed by atoms with van der Waals surface area (Å²) in [6.45, 7) is 5.39. The summed E-state index contributed by atoms with van der Waals surface area (Å²) in [5, 5.41) is 5.85. The SMILES string of the molecule is CC(=O)N[C@@H](CSc1nc2c(=O)[nH]c(N)nc2n1Cc1ccc(F)cc1)C(=O)NCCCOCCOCCOCCCN. The topological polar surface area (TPSA) is 201 Å². The van der Waals surface area contributed by atoms with Gasteiger partial charge in [0.15, 0.2) is 16.3 Å². The summed E-state index contributed by atoms with van der Waals surface area (Å²) >= 11 is 1.17. The van der Waals surface area contributed by atoms with E-state index in [0.717, 1.165) is 12.0 Å². The zero-order valence-corrected chi connectivity index (χ0v) is 24.9. The number of halogens is 1. The van der Waals surface area contributed by atoms with Crippen molar-refractivity contribution in [2.24, 2.45) is 5.73 Å². The molecule has 2 heterocycles. The van der Waals surface area contributed by atoms with E-state index in [0.29, 0.717) is 64.3 Å². The maximum absolute atomic E-state index is 13.5. The first-order valence-electron chi connectivity index (χ1n) is 13.9. The fraction of sp³-hybridized carbons (Fsp3) is 0.519. The van der Waals surface area contributed by atoms with E-state index in [9.17, 15) is 18.8 Å². The third kappa shape index (κ3) is 11.6. The van der Waals surface area contributed by atoms with Gasteiger partial charge in [0.2, 0.25) is 17.8 Å². The van der Waals surface area contributed by atoms with E-state index in [4.69, 9.17) is 25.7 Å². The van der Waals surface area contributed by atoms with E-state index in [-0.39, 0.29) is 47.0 Å². The van der Waals surface area contributed by atoms with Crippen molar-refractivity contribution in [3.05, 3.63) is 46.0 Å². The molecule has 0 aliphatic rings. The van der Waals surface area contributed by atoms with Crippen LogP contribution in [0.3, 0.4) is 0 Å². The van der Waals surface area contributed by atoms with Crippen molar-refractivity contribution in [3.63, 3.8) is 0 Å². The van der Waals surface area contributed by atoms with Gasteiger partial charge >= 0.3 is 0 Å². The summed E-state index contributed by atoms with van der Waals surface area (Å²) < 4.78 is 31.4. The van der Waals surface area contributed by atoms with Gasteiger partial charge in [-0.3, -0.25) is 23.9 Å². The van der Waals surface area contributed by atoms with Crippen LogP contribution in [0.4, 0.5) is 10.3 Å². The van der Waals surface area contributed by atoms with Crippen molar-refractivity contribution in [1.82, 2.24) is 30.2 Å². The molecule has 16 heteroatoms. The number of hydrogen-bond acceptors (Lipinski definition) is 11. The minimum absolute atomic E-state index is 0.0700. The molecule has 14 nitrogen and oxygen atoms in total. The highest BCUT2D eigenvalue weighted by Gasteiger charge is 2.23. The molecule has 2 amide bonds. The average Bonchev–Trinajstić information content (AvgIpc) is 3.31. The Morgan fingerprint density at radius 2 is 1.70 bits per heavy atom. The number of aromatic nitrogens is 4. The summed E-state index contributed by atoms with van der Waals surface area (Å²) in [5.74, 6) is -1.09. The van der Waals surface area contributed by atoms with E-state index in [2.05, 4.69) is 25.6 Å². The number of imidazole rings is 1. The lowest BCUT2D eigenvalue weighted by Crippen LogP contribution is -2.48. The number of H-pyrrole nitrogens is 1. The van der Waals surface area contributed by atoms with Crippen LogP contribution in [0, 0.1) is 5.82 Å². The molecule has 0 aliphatic carbocycles. The number of benzene rings is 1. The Bertz CT molecular complexity index is 1370. The maximum atomic E-state index is 13.5. The number of fused-ring (bicyclic) bond motifs is 1. The van der Waals surface area contributed by atoms with Crippen molar-refractivity contribution in [2.45, 2.75) is 37.5 Å². The van der Waals surface area contributed by atoms with Gasteiger partial charge in [-0.1, -0.05) is 23.9 Å². The molecule has 3 rings (SSSR count). The first kappa shape index (κ1) is 33.9. The summed E-state index contributed by atoms with van der Waals surface area (Å²) in [6.07, 6.45) is 1.39. The third-order valence-electron chi connectivity index (χ3n) is 5.92. The van der Waals surface area contributed by atoms with Gasteiger partial charge in [-0.2, -0.15) is 4.98 Å². The quantitative estimate of drug-likeness (QED) is 0.0862. The largest absolute Gasteiger partial charge is 0.379 e. The average molecular weight is 623 g/mol. The Balaban J connectivity index is 1.51. The number of nitrogens with two attached hydrogens (primary N) is 2. The Morgan fingerprint density at radius 3 is 2.35 bits per heavy atom. The van der Waals surface area contributed by atoms with Crippen LogP contribution in [0.5, 0.6) is 0 Å². The number of hydrogen-bond donors (Lipinski definition) is 5. The van der Waals surface area contributed by atoms with Crippen LogP contribution in [0.15, 0.2) is 34.2 Å². The van der Waals surface area contributed by atoms with Crippen LogP contribution >= 0.6 is 11.8 Å². The number of rotatable bonds is 20. The van der Waals surface area contributed by atoms with Crippen LogP contribution in [0.1, 0.15) is 25.3 Å². The molecular weight excluding hydrogens is 583 g/mol. The van der Waals surface area contributed by atoms with E-state index in [1.54, 1.807) is 16.7 Å². The molecule has 236 valence electrons. The molecule has 1 atom stereocenters. The summed E-state index contributed by atoms with van der Waals surface area (Å²) in [7, 11) is 0. The highest BCUT2D eigenvalue weighted by Crippen LogP contribution is 2.24. The molecule has 2 aromatic heterocycles. The van der Waals surface area contributed by atoms with Crippen LogP contribution in [0.25, 0.3) is 11.2 Å². The second-order valence-electron chi connectivity index (χ2n) is 9.42.